The molecule has 0 saturated heterocycles. The van der Waals surface area contributed by atoms with E-state index in [1.54, 1.807) is 6.92 Å². The van der Waals surface area contributed by atoms with E-state index in [1.807, 2.05) is 13.8 Å². The van der Waals surface area contributed by atoms with E-state index in [0.717, 1.165) is 6.42 Å². The molecule has 0 spiro atoms. The van der Waals surface area contributed by atoms with Crippen molar-refractivity contribution in [3.05, 3.63) is 24.3 Å². The van der Waals surface area contributed by atoms with E-state index in [1.165, 1.54) is 0 Å². The van der Waals surface area contributed by atoms with E-state index < -0.39 is 0 Å². The first-order valence-electron chi connectivity index (χ1n) is 3.84. The predicted molar refractivity (Wildman–Crippen MR) is 47.0 cm³/mol. The first-order chi connectivity index (χ1) is 4.91. The van der Waals surface area contributed by atoms with Gasteiger partial charge < -0.3 is 5.11 Å². The number of aliphatic hydroxyl groups is 1. The Labute approximate surface area is 64.1 Å². The molecule has 0 fully saturated rings. The van der Waals surface area contributed by atoms with Crippen LogP contribution in [0.5, 0.6) is 0 Å². The van der Waals surface area contributed by atoms with Gasteiger partial charge in [-0.25, -0.2) is 0 Å². The molecule has 1 N–H and O–H groups in total. The van der Waals surface area contributed by atoms with Gasteiger partial charge in [-0.2, -0.15) is 0 Å². The first-order valence-corrected chi connectivity index (χ1v) is 3.84. The second-order valence-electron chi connectivity index (χ2n) is 1.41. The second kappa shape index (κ2) is 15.8. The number of allylic oxidation sites excluding steroid dienone is 4. The van der Waals surface area contributed by atoms with Crippen LogP contribution in [-0.4, -0.2) is 11.7 Å². The summed E-state index contributed by atoms with van der Waals surface area (Å²) >= 11 is 0. The molecule has 1 nitrogen and oxygen atoms in total. The van der Waals surface area contributed by atoms with Crippen LogP contribution in [0.3, 0.4) is 0 Å². The van der Waals surface area contributed by atoms with Gasteiger partial charge in [-0.05, 0) is 13.3 Å². The Morgan fingerprint density at radius 2 is 1.50 bits per heavy atom. The summed E-state index contributed by atoms with van der Waals surface area (Å²) in [4.78, 5) is 0. The molecule has 0 aliphatic heterocycles. The van der Waals surface area contributed by atoms with Crippen LogP contribution in [0.1, 0.15) is 27.2 Å². The minimum absolute atomic E-state index is 0.250. The Hall–Kier alpha value is -0.560. The van der Waals surface area contributed by atoms with Crippen molar-refractivity contribution in [2.45, 2.75) is 27.2 Å². The molecule has 0 heterocycles. The SMILES string of the molecule is C1=CCC=C1.CC.CCO. The van der Waals surface area contributed by atoms with E-state index in [0.29, 0.717) is 0 Å². The zero-order valence-electron chi connectivity index (χ0n) is 7.17. The summed E-state index contributed by atoms with van der Waals surface area (Å²) < 4.78 is 0. The van der Waals surface area contributed by atoms with Crippen LogP contribution in [0.25, 0.3) is 0 Å². The van der Waals surface area contributed by atoms with Gasteiger partial charge in [0, 0.05) is 6.61 Å². The Kier molecular flexibility index (Phi) is 19.2. The first kappa shape index (κ1) is 12.1. The lowest BCUT2D eigenvalue weighted by Crippen LogP contribution is -1.57. The average molecular weight is 142 g/mol. The summed E-state index contributed by atoms with van der Waals surface area (Å²) in [5, 5.41) is 7.57. The topological polar surface area (TPSA) is 20.2 Å². The maximum atomic E-state index is 7.57. The molecule has 0 aromatic carbocycles. The summed E-state index contributed by atoms with van der Waals surface area (Å²) in [6.07, 6.45) is 9.50. The van der Waals surface area contributed by atoms with E-state index in [9.17, 15) is 0 Å². The van der Waals surface area contributed by atoms with Gasteiger partial charge in [-0.1, -0.05) is 38.2 Å². The van der Waals surface area contributed by atoms with Crippen molar-refractivity contribution in [1.82, 2.24) is 0 Å². The van der Waals surface area contributed by atoms with Gasteiger partial charge in [0.05, 0.1) is 0 Å². The van der Waals surface area contributed by atoms with E-state index in [-0.39, 0.29) is 6.61 Å². The molecule has 10 heavy (non-hydrogen) atoms. The lowest BCUT2D eigenvalue weighted by Gasteiger charge is -1.57. The van der Waals surface area contributed by atoms with Crippen molar-refractivity contribution in [3.63, 3.8) is 0 Å². The molecule has 0 aromatic heterocycles. The zero-order valence-corrected chi connectivity index (χ0v) is 7.17. The molecule has 1 heteroatoms. The van der Waals surface area contributed by atoms with E-state index in [2.05, 4.69) is 24.3 Å². The predicted octanol–water partition coefficient (Wildman–Crippen LogP) is 2.53. The van der Waals surface area contributed by atoms with Crippen molar-refractivity contribution in [2.75, 3.05) is 6.61 Å². The number of rotatable bonds is 0. The lowest BCUT2D eigenvalue weighted by atomic mass is 10.5. The monoisotopic (exact) mass is 142 g/mol. The van der Waals surface area contributed by atoms with Crippen LogP contribution in [0.2, 0.25) is 0 Å². The highest BCUT2D eigenvalue weighted by Gasteiger charge is 1.72. The van der Waals surface area contributed by atoms with Crippen molar-refractivity contribution >= 4 is 0 Å². The maximum absolute atomic E-state index is 7.57. The summed E-state index contributed by atoms with van der Waals surface area (Å²) in [6.45, 7) is 5.93. The molecular formula is C9H18O. The highest BCUT2D eigenvalue weighted by atomic mass is 16.2. The fraction of sp³-hybridized carbons (Fsp3) is 0.556. The molecular weight excluding hydrogens is 124 g/mol. The summed E-state index contributed by atoms with van der Waals surface area (Å²) in [7, 11) is 0. The zero-order chi connectivity index (χ0) is 8.24. The normalized spacial score (nSPS) is 11.2. The van der Waals surface area contributed by atoms with E-state index >= 15 is 0 Å². The smallest absolute Gasteiger partial charge is 0.0402 e. The Morgan fingerprint density at radius 1 is 1.20 bits per heavy atom. The van der Waals surface area contributed by atoms with E-state index in [4.69, 9.17) is 5.11 Å². The van der Waals surface area contributed by atoms with Gasteiger partial charge in [0.2, 0.25) is 0 Å². The molecule has 0 amide bonds. The van der Waals surface area contributed by atoms with Crippen LogP contribution in [0, 0.1) is 0 Å². The third kappa shape index (κ3) is 15.7. The van der Waals surface area contributed by atoms with Gasteiger partial charge in [0.1, 0.15) is 0 Å². The third-order valence-corrected chi connectivity index (χ3v) is 0.655. The highest BCUT2D eigenvalue weighted by molar-refractivity contribution is 5.11. The third-order valence-electron chi connectivity index (χ3n) is 0.655. The largest absolute Gasteiger partial charge is 0.397 e. The van der Waals surface area contributed by atoms with Crippen LogP contribution < -0.4 is 0 Å². The van der Waals surface area contributed by atoms with Gasteiger partial charge in [0.15, 0.2) is 0 Å². The lowest BCUT2D eigenvalue weighted by molar-refractivity contribution is 0.318. The molecule has 1 aliphatic rings. The van der Waals surface area contributed by atoms with Gasteiger partial charge >= 0.3 is 0 Å². The van der Waals surface area contributed by atoms with Crippen LogP contribution in [-0.2, 0) is 0 Å². The molecule has 0 radical (unpaired) electrons. The van der Waals surface area contributed by atoms with Crippen molar-refractivity contribution in [1.29, 1.82) is 0 Å². The number of hydrogen-bond acceptors (Lipinski definition) is 1. The van der Waals surface area contributed by atoms with Gasteiger partial charge in [0.25, 0.3) is 0 Å². The van der Waals surface area contributed by atoms with Gasteiger partial charge in [-0.3, -0.25) is 0 Å². The summed E-state index contributed by atoms with van der Waals surface area (Å²) in [5.41, 5.74) is 0. The molecule has 0 unspecified atom stereocenters. The highest BCUT2D eigenvalue weighted by Crippen LogP contribution is 1.93. The van der Waals surface area contributed by atoms with Crippen molar-refractivity contribution in [3.8, 4) is 0 Å². The molecule has 60 valence electrons. The quantitative estimate of drug-likeness (QED) is 0.551. The fourth-order valence-electron chi connectivity index (χ4n) is 0.393. The van der Waals surface area contributed by atoms with Gasteiger partial charge in [-0.15, -0.1) is 0 Å². The second-order valence-corrected chi connectivity index (χ2v) is 1.41. The Morgan fingerprint density at radius 3 is 1.60 bits per heavy atom. The molecule has 0 atom stereocenters. The minimum Gasteiger partial charge on any atom is -0.397 e. The van der Waals surface area contributed by atoms with Crippen LogP contribution >= 0.6 is 0 Å². The molecule has 1 aliphatic carbocycles. The molecule has 0 saturated carbocycles. The van der Waals surface area contributed by atoms with Crippen LogP contribution in [0.15, 0.2) is 24.3 Å². The molecule has 0 bridgehead atoms. The Bertz CT molecular complexity index is 72.7. The summed E-state index contributed by atoms with van der Waals surface area (Å²) in [6, 6.07) is 0. The fourth-order valence-corrected chi connectivity index (χ4v) is 0.393. The average Bonchev–Trinajstić information content (AvgIpc) is 2.48. The number of hydrogen-bond donors (Lipinski definition) is 1. The molecule has 1 rings (SSSR count). The maximum Gasteiger partial charge on any atom is 0.0402 e. The van der Waals surface area contributed by atoms with Crippen LogP contribution in [0.4, 0.5) is 0 Å². The Balaban J connectivity index is 0. The molecule has 0 aromatic rings. The number of aliphatic hydroxyl groups excluding tert-OH is 1. The standard InChI is InChI=1S/C5H6.C2H6O.C2H6/c1-2-4-5-3-1;1-2-3;1-2/h1-4H,5H2;3H,2H2,1H3;1-2H3. The minimum atomic E-state index is 0.250. The van der Waals surface area contributed by atoms with Crippen molar-refractivity contribution < 1.29 is 5.11 Å². The summed E-state index contributed by atoms with van der Waals surface area (Å²) in [5.74, 6) is 0. The van der Waals surface area contributed by atoms with Crippen molar-refractivity contribution in [2.24, 2.45) is 0 Å².